The minimum absolute atomic E-state index is 0.0249. The van der Waals surface area contributed by atoms with Crippen molar-refractivity contribution >= 4 is 21.7 Å². The van der Waals surface area contributed by atoms with Crippen LogP contribution in [0.15, 0.2) is 35.5 Å². The molecule has 1 aromatic heterocycles. The van der Waals surface area contributed by atoms with Crippen molar-refractivity contribution in [1.29, 1.82) is 5.26 Å². The number of aliphatic carboxylic acids is 1. The van der Waals surface area contributed by atoms with Gasteiger partial charge in [0.2, 0.25) is 5.91 Å². The summed E-state index contributed by atoms with van der Waals surface area (Å²) in [6.07, 6.45) is -4.78. The lowest BCUT2D eigenvalue weighted by Crippen LogP contribution is -2.45. The van der Waals surface area contributed by atoms with Gasteiger partial charge in [0.1, 0.15) is 10.8 Å². The molecule has 1 aromatic carbocycles. The van der Waals surface area contributed by atoms with E-state index in [1.165, 1.54) is 23.1 Å². The minimum Gasteiger partial charge on any atom is -0.481 e. The lowest BCUT2D eigenvalue weighted by molar-refractivity contribution is -0.160. The number of carbonyl (C=O) groups excluding carboxylic acids is 1. The summed E-state index contributed by atoms with van der Waals surface area (Å²) in [5.41, 5.74) is 0.595. The number of carbonyl (C=O) groups is 2. The molecule has 0 radical (unpaired) electrons. The zero-order valence-electron chi connectivity index (χ0n) is 20.4. The fourth-order valence-electron chi connectivity index (χ4n) is 5.70. The third kappa shape index (κ3) is 4.14. The quantitative estimate of drug-likeness (QED) is 0.502. The SMILES string of the molecule is CCO[C@H]1C[C@@H](S(=O)(=O)c2ccc(-c3cnn(C)c3)cc2C(F)(F)F)C[C@]1(C(=O)O)C1CC1(C#N)C(N)=O. The number of nitriles is 1. The molecule has 2 aliphatic carbocycles. The first-order valence-corrected chi connectivity index (χ1v) is 13.2. The van der Waals surface area contributed by atoms with E-state index in [1.54, 1.807) is 20.0 Å². The molecular weight excluding hydrogens is 529 g/mol. The number of aryl methyl sites for hydroxylation is 1. The van der Waals surface area contributed by atoms with E-state index in [2.05, 4.69) is 5.10 Å². The first kappa shape index (κ1) is 27.6. The van der Waals surface area contributed by atoms with Gasteiger partial charge < -0.3 is 15.6 Å². The molecule has 2 aliphatic rings. The van der Waals surface area contributed by atoms with E-state index in [4.69, 9.17) is 10.5 Å². The second-order valence-corrected chi connectivity index (χ2v) is 11.9. The number of nitrogens with two attached hydrogens (primary N) is 1. The molecule has 2 fully saturated rings. The molecule has 0 saturated heterocycles. The number of alkyl halides is 3. The molecule has 0 spiro atoms. The molecule has 5 atom stereocenters. The van der Waals surface area contributed by atoms with E-state index in [-0.39, 0.29) is 18.6 Å². The minimum atomic E-state index is -5.04. The van der Waals surface area contributed by atoms with E-state index in [0.717, 1.165) is 12.1 Å². The summed E-state index contributed by atoms with van der Waals surface area (Å²) in [4.78, 5) is 23.7. The van der Waals surface area contributed by atoms with E-state index < -0.39 is 79.3 Å². The summed E-state index contributed by atoms with van der Waals surface area (Å²) in [5, 5.41) is 22.2. The molecule has 1 heterocycles. The van der Waals surface area contributed by atoms with Gasteiger partial charge in [-0.3, -0.25) is 14.3 Å². The smallest absolute Gasteiger partial charge is 0.417 e. The average molecular weight is 555 g/mol. The van der Waals surface area contributed by atoms with Crippen LogP contribution in [-0.2, 0) is 37.4 Å². The fourth-order valence-corrected chi connectivity index (χ4v) is 7.72. The van der Waals surface area contributed by atoms with Crippen molar-refractivity contribution in [2.75, 3.05) is 6.61 Å². The van der Waals surface area contributed by atoms with Gasteiger partial charge in [-0.15, -0.1) is 0 Å². The van der Waals surface area contributed by atoms with Gasteiger partial charge in [-0.25, -0.2) is 8.42 Å². The average Bonchev–Trinajstić information content (AvgIpc) is 3.24. The van der Waals surface area contributed by atoms with Crippen LogP contribution in [0.2, 0.25) is 0 Å². The zero-order chi connectivity index (χ0) is 28.3. The standard InChI is InChI=1S/C24H25F3N4O6S/c1-3-37-19-7-15(8-23(19,21(33)34)18-9-22(18,12-28)20(29)32)38(35,36)17-5-4-13(6-16(17)24(25,26)27)14-10-30-31(2)11-14/h4-6,10-11,15,18-19H,3,7-9H2,1-2H3,(H2,29,32)(H,33,34)/t15-,18?,19+,22?,23+/m1/s1. The Hall–Kier alpha value is -3.44. The summed E-state index contributed by atoms with van der Waals surface area (Å²) in [5.74, 6) is -3.70. The second kappa shape index (κ2) is 9.09. The Labute approximate surface area is 216 Å². The number of carboxylic acids is 1. The van der Waals surface area contributed by atoms with Gasteiger partial charge in [0.15, 0.2) is 9.84 Å². The van der Waals surface area contributed by atoms with Crippen LogP contribution in [0, 0.1) is 28.1 Å². The maximum atomic E-state index is 14.1. The van der Waals surface area contributed by atoms with Crippen LogP contribution in [-0.4, -0.2) is 53.1 Å². The second-order valence-electron chi connectivity index (χ2n) is 9.71. The highest BCUT2D eigenvalue weighted by molar-refractivity contribution is 7.92. The topological polar surface area (TPSA) is 165 Å². The normalized spacial score (nSPS) is 29.1. The predicted octanol–water partition coefficient (Wildman–Crippen LogP) is 2.53. The number of carboxylic acid groups (broad SMARTS) is 1. The van der Waals surface area contributed by atoms with Crippen LogP contribution >= 0.6 is 0 Å². The number of amides is 1. The Bertz CT molecular complexity index is 1450. The van der Waals surface area contributed by atoms with Gasteiger partial charge in [0.25, 0.3) is 0 Å². The number of ether oxygens (including phenoxy) is 1. The molecule has 1 amide bonds. The third-order valence-electron chi connectivity index (χ3n) is 7.67. The first-order chi connectivity index (χ1) is 17.6. The van der Waals surface area contributed by atoms with Gasteiger partial charge in [0.05, 0.1) is 34.1 Å². The molecule has 10 nitrogen and oxygen atoms in total. The monoisotopic (exact) mass is 554 g/mol. The van der Waals surface area contributed by atoms with Crippen LogP contribution in [0.25, 0.3) is 11.1 Å². The predicted molar refractivity (Wildman–Crippen MR) is 125 cm³/mol. The summed E-state index contributed by atoms with van der Waals surface area (Å²) in [6.45, 7) is 1.52. The Morgan fingerprint density at radius 1 is 1.32 bits per heavy atom. The van der Waals surface area contributed by atoms with Crippen molar-refractivity contribution < 1.29 is 41.0 Å². The van der Waals surface area contributed by atoms with Crippen molar-refractivity contribution in [3.8, 4) is 17.2 Å². The highest BCUT2D eigenvalue weighted by Gasteiger charge is 2.75. The molecule has 0 aliphatic heterocycles. The number of aromatic nitrogens is 2. The van der Waals surface area contributed by atoms with Crippen LogP contribution in [0.4, 0.5) is 13.2 Å². The number of halogens is 3. The fraction of sp³-hybridized carbons (Fsp3) is 0.500. The number of sulfone groups is 1. The maximum absolute atomic E-state index is 14.1. The van der Waals surface area contributed by atoms with E-state index in [1.807, 2.05) is 0 Å². The van der Waals surface area contributed by atoms with Crippen LogP contribution in [0.1, 0.15) is 31.7 Å². The number of primary amides is 1. The summed E-state index contributed by atoms with van der Waals surface area (Å²) in [6, 6.07) is 4.57. The molecule has 38 heavy (non-hydrogen) atoms. The zero-order valence-corrected chi connectivity index (χ0v) is 21.2. The van der Waals surface area contributed by atoms with Crippen molar-refractivity contribution in [1.82, 2.24) is 9.78 Å². The van der Waals surface area contributed by atoms with Crippen LogP contribution in [0.3, 0.4) is 0 Å². The van der Waals surface area contributed by atoms with Gasteiger partial charge in [-0.05, 0) is 43.9 Å². The van der Waals surface area contributed by atoms with Crippen molar-refractivity contribution in [2.45, 2.75) is 48.6 Å². The lowest BCUT2D eigenvalue weighted by Gasteiger charge is -2.32. The summed E-state index contributed by atoms with van der Waals surface area (Å²) in [7, 11) is -3.18. The molecule has 2 aromatic rings. The molecule has 14 heteroatoms. The third-order valence-corrected chi connectivity index (χ3v) is 9.88. The molecular formula is C24H25F3N4O6S. The molecule has 4 rings (SSSR count). The van der Waals surface area contributed by atoms with Crippen molar-refractivity contribution in [3.05, 3.63) is 36.2 Å². The van der Waals surface area contributed by atoms with E-state index in [0.29, 0.717) is 5.56 Å². The summed E-state index contributed by atoms with van der Waals surface area (Å²) < 4.78 is 76.8. The molecule has 0 bridgehead atoms. The number of nitrogens with zero attached hydrogens (tertiary/aromatic N) is 3. The molecule has 2 unspecified atom stereocenters. The maximum Gasteiger partial charge on any atom is 0.417 e. The van der Waals surface area contributed by atoms with Gasteiger partial charge >= 0.3 is 12.1 Å². The van der Waals surface area contributed by atoms with Crippen molar-refractivity contribution in [3.63, 3.8) is 0 Å². The number of rotatable bonds is 8. The van der Waals surface area contributed by atoms with Crippen LogP contribution < -0.4 is 5.73 Å². The van der Waals surface area contributed by atoms with Crippen molar-refractivity contribution in [2.24, 2.45) is 29.5 Å². The first-order valence-electron chi connectivity index (χ1n) is 11.7. The van der Waals surface area contributed by atoms with Gasteiger partial charge in [0, 0.05) is 31.3 Å². The lowest BCUT2D eigenvalue weighted by atomic mass is 9.75. The van der Waals surface area contributed by atoms with E-state index >= 15 is 0 Å². The van der Waals surface area contributed by atoms with E-state index in [9.17, 15) is 41.5 Å². The number of benzene rings is 1. The molecule has 2 saturated carbocycles. The Balaban J connectivity index is 1.80. The molecule has 204 valence electrons. The Kier molecular flexibility index (Phi) is 6.60. The Morgan fingerprint density at radius 3 is 2.47 bits per heavy atom. The number of hydrogen-bond acceptors (Lipinski definition) is 7. The largest absolute Gasteiger partial charge is 0.481 e. The van der Waals surface area contributed by atoms with Gasteiger partial charge in [-0.2, -0.15) is 23.5 Å². The summed E-state index contributed by atoms with van der Waals surface area (Å²) >= 11 is 0. The highest BCUT2D eigenvalue weighted by atomic mass is 32.2. The molecule has 3 N–H and O–H groups in total. The highest BCUT2D eigenvalue weighted by Crippen LogP contribution is 2.66. The van der Waals surface area contributed by atoms with Crippen LogP contribution in [0.5, 0.6) is 0 Å². The van der Waals surface area contributed by atoms with Gasteiger partial charge in [-0.1, -0.05) is 6.07 Å². The number of hydrogen-bond donors (Lipinski definition) is 2. The Morgan fingerprint density at radius 2 is 2.00 bits per heavy atom.